The molecule has 0 amide bonds. The number of aromatic nitrogens is 1. The Morgan fingerprint density at radius 3 is 2.17 bits per heavy atom. The third-order valence-electron chi connectivity index (χ3n) is 2.70. The topological polar surface area (TPSA) is 24.9 Å². The Hall–Kier alpha value is -2.09. The smallest absolute Gasteiger partial charge is 0.0702 e. The molecular weight excluding hydrogens is 220 g/mol. The number of nitrogens with zero attached hydrogens (tertiary/aromatic N) is 1. The number of nitrogens with one attached hydrogen (secondary N) is 1. The number of hydrogen-bond donors (Lipinski definition) is 1. The van der Waals surface area contributed by atoms with Gasteiger partial charge >= 0.3 is 0 Å². The van der Waals surface area contributed by atoms with E-state index >= 15 is 0 Å². The lowest BCUT2D eigenvalue weighted by Gasteiger charge is -2.04. The van der Waals surface area contributed by atoms with E-state index in [0.717, 1.165) is 23.4 Å². The van der Waals surface area contributed by atoms with Crippen LogP contribution in [0.5, 0.6) is 0 Å². The van der Waals surface area contributed by atoms with Gasteiger partial charge in [0.15, 0.2) is 0 Å². The minimum atomic E-state index is 1.03. The number of hydrogen-bond acceptors (Lipinski definition) is 2. The third-order valence-corrected chi connectivity index (χ3v) is 2.70. The highest BCUT2D eigenvalue weighted by Gasteiger charge is 1.98. The van der Waals surface area contributed by atoms with E-state index in [-0.39, 0.29) is 0 Å². The van der Waals surface area contributed by atoms with E-state index < -0.39 is 0 Å². The van der Waals surface area contributed by atoms with Crippen LogP contribution in [-0.2, 0) is 6.42 Å². The zero-order valence-corrected chi connectivity index (χ0v) is 11.1. The van der Waals surface area contributed by atoms with Crippen LogP contribution in [0.2, 0.25) is 0 Å². The molecule has 94 valence electrons. The lowest BCUT2D eigenvalue weighted by molar-refractivity contribution is 1.11. The highest BCUT2D eigenvalue weighted by atomic mass is 14.8. The van der Waals surface area contributed by atoms with Gasteiger partial charge in [-0.2, -0.15) is 0 Å². The van der Waals surface area contributed by atoms with Gasteiger partial charge in [-0.25, -0.2) is 0 Å². The Bertz CT molecular complexity index is 412. The summed E-state index contributed by atoms with van der Waals surface area (Å²) in [6, 6.07) is 12.5. The second kappa shape index (κ2) is 7.28. The Morgan fingerprint density at radius 1 is 1.06 bits per heavy atom. The molecule has 0 aliphatic carbocycles. The lowest BCUT2D eigenvalue weighted by atomic mass is 10.1. The molecule has 2 aromatic rings. The normalized spacial score (nSPS) is 9.22. The van der Waals surface area contributed by atoms with Gasteiger partial charge in [-0.05, 0) is 30.2 Å². The molecule has 1 heterocycles. The average Bonchev–Trinajstić information content (AvgIpc) is 2.49. The molecule has 0 atom stereocenters. The summed E-state index contributed by atoms with van der Waals surface area (Å²) in [6.07, 6.45) is 2.98. The van der Waals surface area contributed by atoms with Crippen molar-refractivity contribution < 1.29 is 0 Å². The molecule has 0 aliphatic heterocycles. The maximum Gasteiger partial charge on any atom is 0.0702 e. The summed E-state index contributed by atoms with van der Waals surface area (Å²) in [6.45, 7) is 8.14. The van der Waals surface area contributed by atoms with Crippen molar-refractivity contribution in [3.63, 3.8) is 0 Å². The van der Waals surface area contributed by atoms with Crippen LogP contribution in [0.25, 0.3) is 11.3 Å². The maximum absolute atomic E-state index is 4.45. The van der Waals surface area contributed by atoms with Crippen molar-refractivity contribution in [2.75, 3.05) is 12.4 Å². The van der Waals surface area contributed by atoms with Crippen LogP contribution in [0.1, 0.15) is 12.5 Å². The second-order valence-electron chi connectivity index (χ2n) is 3.73. The lowest BCUT2D eigenvalue weighted by Crippen LogP contribution is -1.89. The van der Waals surface area contributed by atoms with Crippen molar-refractivity contribution in [1.29, 1.82) is 0 Å². The molecule has 0 saturated heterocycles. The van der Waals surface area contributed by atoms with Crippen LogP contribution >= 0.6 is 0 Å². The molecule has 0 spiro atoms. The molecule has 0 bridgehead atoms. The van der Waals surface area contributed by atoms with Gasteiger partial charge in [-0.1, -0.05) is 25.1 Å². The Morgan fingerprint density at radius 2 is 1.72 bits per heavy atom. The summed E-state index contributed by atoms with van der Waals surface area (Å²) in [5.41, 5.74) is 4.58. The largest absolute Gasteiger partial charge is 0.388 e. The molecule has 0 fully saturated rings. The van der Waals surface area contributed by atoms with Crippen LogP contribution in [-0.4, -0.2) is 12.0 Å². The summed E-state index contributed by atoms with van der Waals surface area (Å²) in [7, 11) is 1.92. The number of benzene rings is 1. The van der Waals surface area contributed by atoms with Gasteiger partial charge in [0, 0.05) is 24.5 Å². The molecule has 18 heavy (non-hydrogen) atoms. The minimum Gasteiger partial charge on any atom is -0.388 e. The first-order valence-corrected chi connectivity index (χ1v) is 6.06. The quantitative estimate of drug-likeness (QED) is 0.815. The first-order chi connectivity index (χ1) is 8.83. The van der Waals surface area contributed by atoms with Crippen LogP contribution in [0.4, 0.5) is 5.69 Å². The van der Waals surface area contributed by atoms with Gasteiger partial charge in [0.05, 0.1) is 5.69 Å². The Labute approximate surface area is 109 Å². The molecule has 2 heteroatoms. The summed E-state index contributed by atoms with van der Waals surface area (Å²) in [4.78, 5) is 4.45. The molecule has 1 aromatic heterocycles. The van der Waals surface area contributed by atoms with Gasteiger partial charge < -0.3 is 5.32 Å². The molecule has 2 nitrogen and oxygen atoms in total. The molecule has 1 N–H and O–H groups in total. The van der Waals surface area contributed by atoms with E-state index in [0.29, 0.717) is 0 Å². The number of aryl methyl sites for hydroxylation is 1. The van der Waals surface area contributed by atoms with Crippen LogP contribution in [0.3, 0.4) is 0 Å². The second-order valence-corrected chi connectivity index (χ2v) is 3.73. The monoisotopic (exact) mass is 240 g/mol. The fourth-order valence-electron chi connectivity index (χ4n) is 1.61. The zero-order valence-electron chi connectivity index (χ0n) is 11.1. The Kier molecular flexibility index (Phi) is 5.65. The molecular formula is C16H20N2. The number of anilines is 1. The summed E-state index contributed by atoms with van der Waals surface area (Å²) < 4.78 is 0. The van der Waals surface area contributed by atoms with E-state index in [4.69, 9.17) is 0 Å². The molecule has 0 radical (unpaired) electrons. The summed E-state index contributed by atoms with van der Waals surface area (Å²) >= 11 is 0. The molecule has 0 aliphatic rings. The van der Waals surface area contributed by atoms with E-state index in [1.807, 2.05) is 13.2 Å². The first kappa shape index (κ1) is 14.0. The molecule has 0 unspecified atom stereocenters. The van der Waals surface area contributed by atoms with Gasteiger partial charge in [-0.15, -0.1) is 13.2 Å². The van der Waals surface area contributed by atoms with Gasteiger partial charge in [-0.3, -0.25) is 4.98 Å². The summed E-state index contributed by atoms with van der Waals surface area (Å²) in [5, 5.41) is 3.10. The predicted octanol–water partition coefficient (Wildman–Crippen LogP) is 4.15. The SMILES string of the molecule is C=C.CCc1ccc(-c2ccc(NC)cc2)nc1. The van der Waals surface area contributed by atoms with Crippen molar-refractivity contribution in [3.8, 4) is 11.3 Å². The fourth-order valence-corrected chi connectivity index (χ4v) is 1.61. The van der Waals surface area contributed by atoms with Gasteiger partial charge in [0.25, 0.3) is 0 Å². The van der Waals surface area contributed by atoms with E-state index in [9.17, 15) is 0 Å². The van der Waals surface area contributed by atoms with Crippen LogP contribution < -0.4 is 5.32 Å². The summed E-state index contributed by atoms with van der Waals surface area (Å²) in [5.74, 6) is 0. The minimum absolute atomic E-state index is 1.03. The van der Waals surface area contributed by atoms with E-state index in [2.05, 4.69) is 66.8 Å². The van der Waals surface area contributed by atoms with Crippen molar-refractivity contribution in [2.45, 2.75) is 13.3 Å². The first-order valence-electron chi connectivity index (χ1n) is 6.06. The van der Waals surface area contributed by atoms with E-state index in [1.165, 1.54) is 5.56 Å². The van der Waals surface area contributed by atoms with Crippen molar-refractivity contribution in [1.82, 2.24) is 4.98 Å². The number of rotatable bonds is 3. The maximum atomic E-state index is 4.45. The van der Waals surface area contributed by atoms with Gasteiger partial charge in [0.2, 0.25) is 0 Å². The zero-order chi connectivity index (χ0) is 13.4. The average molecular weight is 240 g/mol. The fraction of sp³-hybridized carbons (Fsp3) is 0.188. The van der Waals surface area contributed by atoms with Crippen LogP contribution in [0.15, 0.2) is 55.8 Å². The molecule has 1 aromatic carbocycles. The van der Waals surface area contributed by atoms with Crippen LogP contribution in [0, 0.1) is 0 Å². The predicted molar refractivity (Wildman–Crippen MR) is 79.9 cm³/mol. The highest BCUT2D eigenvalue weighted by Crippen LogP contribution is 2.19. The van der Waals surface area contributed by atoms with Crippen molar-refractivity contribution in [3.05, 3.63) is 61.3 Å². The van der Waals surface area contributed by atoms with Crippen molar-refractivity contribution >= 4 is 5.69 Å². The molecule has 0 saturated carbocycles. The van der Waals surface area contributed by atoms with Crippen molar-refractivity contribution in [2.24, 2.45) is 0 Å². The van der Waals surface area contributed by atoms with Gasteiger partial charge in [0.1, 0.15) is 0 Å². The Balaban J connectivity index is 0.000000771. The highest BCUT2D eigenvalue weighted by molar-refractivity contribution is 5.62. The standard InChI is InChI=1S/C14H16N2.C2H4/c1-3-11-4-9-14(16-10-11)12-5-7-13(15-2)8-6-12;1-2/h4-10,15H,3H2,1-2H3;1-2H2. The molecule has 2 rings (SSSR count). The number of pyridine rings is 1. The third kappa shape index (κ3) is 3.45. The van der Waals surface area contributed by atoms with E-state index in [1.54, 1.807) is 0 Å².